The topological polar surface area (TPSA) is 99.5 Å². The zero-order valence-electron chi connectivity index (χ0n) is 14.5. The number of benzene rings is 2. The number of para-hydroxylation sites is 2. The number of imidazole rings is 1. The van der Waals surface area contributed by atoms with Gasteiger partial charge in [0.25, 0.3) is 0 Å². The maximum atomic E-state index is 12.6. The molecule has 1 aliphatic heterocycles. The van der Waals surface area contributed by atoms with E-state index in [4.69, 9.17) is 9.47 Å². The lowest BCUT2D eigenvalue weighted by atomic mass is 10.2. The normalized spacial score (nSPS) is 13.1. The molecule has 0 atom stereocenters. The predicted molar refractivity (Wildman–Crippen MR) is 99.5 cm³/mol. The second-order valence-corrected chi connectivity index (χ2v) is 8.43. The zero-order chi connectivity index (χ0) is 19.0. The summed E-state index contributed by atoms with van der Waals surface area (Å²) in [5, 5.41) is 2.79. The molecule has 2 aromatic carbocycles. The minimum absolute atomic E-state index is 0.0557. The van der Waals surface area contributed by atoms with E-state index in [2.05, 4.69) is 10.3 Å². The molecule has 2 heterocycles. The highest BCUT2D eigenvalue weighted by Crippen LogP contribution is 2.34. The number of amides is 1. The van der Waals surface area contributed by atoms with Crippen molar-refractivity contribution in [2.75, 3.05) is 18.4 Å². The van der Waals surface area contributed by atoms with Crippen molar-refractivity contribution >= 4 is 32.5 Å². The van der Waals surface area contributed by atoms with E-state index in [1.165, 1.54) is 0 Å². The van der Waals surface area contributed by atoms with Crippen molar-refractivity contribution in [3.8, 4) is 11.5 Å². The van der Waals surface area contributed by atoms with E-state index in [1.54, 1.807) is 28.8 Å². The molecule has 8 nitrogen and oxygen atoms in total. The van der Waals surface area contributed by atoms with Gasteiger partial charge in [0.05, 0.1) is 11.0 Å². The lowest BCUT2D eigenvalue weighted by Gasteiger charge is -2.10. The largest absolute Gasteiger partial charge is 0.454 e. The number of nitrogens with zero attached hydrogens (tertiary/aromatic N) is 2. The highest BCUT2D eigenvalue weighted by atomic mass is 32.2. The Morgan fingerprint density at radius 2 is 1.96 bits per heavy atom. The number of carbonyl (C=O) groups excluding carboxylic acids is 1. The maximum Gasteiger partial charge on any atom is 0.244 e. The first-order valence-electron chi connectivity index (χ1n) is 8.20. The molecule has 0 aliphatic carbocycles. The smallest absolute Gasteiger partial charge is 0.244 e. The first-order chi connectivity index (χ1) is 12.9. The molecule has 4 rings (SSSR count). The standard InChI is InChI=1S/C18H17N3O5S/c1-27(23,24)10-17-20-13-4-2-3-5-14(13)21(17)9-18(22)19-12-6-7-15-16(8-12)26-11-25-15/h2-8H,9-11H2,1H3,(H,19,22). The molecule has 27 heavy (non-hydrogen) atoms. The van der Waals surface area contributed by atoms with Gasteiger partial charge in [-0.25, -0.2) is 13.4 Å². The van der Waals surface area contributed by atoms with Gasteiger partial charge in [-0.15, -0.1) is 0 Å². The van der Waals surface area contributed by atoms with Crippen molar-refractivity contribution in [3.63, 3.8) is 0 Å². The molecule has 3 aromatic rings. The van der Waals surface area contributed by atoms with E-state index in [9.17, 15) is 13.2 Å². The van der Waals surface area contributed by atoms with Crippen LogP contribution in [0.15, 0.2) is 42.5 Å². The molecular weight excluding hydrogens is 370 g/mol. The summed E-state index contributed by atoms with van der Waals surface area (Å²) in [5.74, 6) is 0.993. The van der Waals surface area contributed by atoms with Gasteiger partial charge in [-0.3, -0.25) is 4.79 Å². The van der Waals surface area contributed by atoms with Crippen molar-refractivity contribution in [1.82, 2.24) is 9.55 Å². The molecule has 140 valence electrons. The van der Waals surface area contributed by atoms with Gasteiger partial charge in [-0.2, -0.15) is 0 Å². The fourth-order valence-electron chi connectivity index (χ4n) is 2.96. The number of ether oxygens (including phenoxy) is 2. The van der Waals surface area contributed by atoms with Crippen LogP contribution < -0.4 is 14.8 Å². The van der Waals surface area contributed by atoms with Gasteiger partial charge in [0, 0.05) is 18.0 Å². The van der Waals surface area contributed by atoms with Crippen LogP contribution in [0.4, 0.5) is 5.69 Å². The Morgan fingerprint density at radius 1 is 1.19 bits per heavy atom. The van der Waals surface area contributed by atoms with Crippen molar-refractivity contribution in [3.05, 3.63) is 48.3 Å². The molecular formula is C18H17N3O5S. The third-order valence-electron chi connectivity index (χ3n) is 4.08. The van der Waals surface area contributed by atoms with Crippen molar-refractivity contribution in [2.24, 2.45) is 0 Å². The maximum absolute atomic E-state index is 12.6. The van der Waals surface area contributed by atoms with Crippen LogP contribution in [0.3, 0.4) is 0 Å². The molecule has 0 fully saturated rings. The number of anilines is 1. The Kier molecular flexibility index (Phi) is 4.23. The quantitative estimate of drug-likeness (QED) is 0.718. The Hall–Kier alpha value is -3.07. The minimum Gasteiger partial charge on any atom is -0.454 e. The summed E-state index contributed by atoms with van der Waals surface area (Å²) in [5.41, 5.74) is 1.92. The number of hydrogen-bond acceptors (Lipinski definition) is 6. The van der Waals surface area contributed by atoms with E-state index < -0.39 is 9.84 Å². The molecule has 1 aliphatic rings. The summed E-state index contributed by atoms with van der Waals surface area (Å²) in [6.07, 6.45) is 1.14. The first-order valence-corrected chi connectivity index (χ1v) is 10.3. The third kappa shape index (κ3) is 3.72. The van der Waals surface area contributed by atoms with Crippen LogP contribution in [0.2, 0.25) is 0 Å². The van der Waals surface area contributed by atoms with Gasteiger partial charge in [0.1, 0.15) is 18.1 Å². The van der Waals surface area contributed by atoms with Gasteiger partial charge in [-0.05, 0) is 24.3 Å². The fraction of sp³-hybridized carbons (Fsp3) is 0.222. The van der Waals surface area contributed by atoms with Crippen LogP contribution in [-0.4, -0.2) is 36.9 Å². The van der Waals surface area contributed by atoms with E-state index in [0.717, 1.165) is 6.26 Å². The second kappa shape index (κ2) is 6.58. The number of sulfone groups is 1. The predicted octanol–water partition coefficient (Wildman–Crippen LogP) is 1.95. The van der Waals surface area contributed by atoms with Crippen molar-refractivity contribution in [1.29, 1.82) is 0 Å². The summed E-state index contributed by atoms with van der Waals surface area (Å²) in [7, 11) is -3.29. The summed E-state index contributed by atoms with van der Waals surface area (Å²) < 4.78 is 35.6. The molecule has 0 saturated carbocycles. The summed E-state index contributed by atoms with van der Waals surface area (Å²) in [6.45, 7) is 0.0996. The Labute approximate surface area is 155 Å². The van der Waals surface area contributed by atoms with Crippen molar-refractivity contribution < 1.29 is 22.7 Å². The second-order valence-electron chi connectivity index (χ2n) is 6.29. The Morgan fingerprint density at radius 3 is 2.78 bits per heavy atom. The minimum atomic E-state index is -3.29. The van der Waals surface area contributed by atoms with E-state index in [1.807, 2.05) is 18.2 Å². The fourth-order valence-corrected chi connectivity index (χ4v) is 3.65. The van der Waals surface area contributed by atoms with Crippen LogP contribution in [0.1, 0.15) is 5.82 Å². The monoisotopic (exact) mass is 387 g/mol. The first kappa shape index (κ1) is 17.3. The average Bonchev–Trinajstić information content (AvgIpc) is 3.18. The molecule has 0 saturated heterocycles. The summed E-state index contributed by atoms with van der Waals surface area (Å²) in [6, 6.07) is 12.4. The number of hydrogen-bond donors (Lipinski definition) is 1. The third-order valence-corrected chi connectivity index (χ3v) is 4.87. The lowest BCUT2D eigenvalue weighted by Crippen LogP contribution is -2.21. The summed E-state index contributed by atoms with van der Waals surface area (Å²) in [4.78, 5) is 16.9. The number of aromatic nitrogens is 2. The lowest BCUT2D eigenvalue weighted by molar-refractivity contribution is -0.116. The molecule has 0 spiro atoms. The van der Waals surface area contributed by atoms with Crippen LogP contribution in [-0.2, 0) is 26.9 Å². The van der Waals surface area contributed by atoms with Crippen LogP contribution in [0.5, 0.6) is 11.5 Å². The zero-order valence-corrected chi connectivity index (χ0v) is 15.3. The van der Waals surface area contributed by atoms with Gasteiger partial charge in [0.15, 0.2) is 21.3 Å². The Bertz CT molecular complexity index is 1140. The molecule has 0 unspecified atom stereocenters. The van der Waals surface area contributed by atoms with Gasteiger partial charge in [0.2, 0.25) is 12.7 Å². The van der Waals surface area contributed by atoms with Gasteiger partial charge >= 0.3 is 0 Å². The van der Waals surface area contributed by atoms with E-state index in [-0.39, 0.29) is 25.0 Å². The van der Waals surface area contributed by atoms with E-state index in [0.29, 0.717) is 34.0 Å². The molecule has 1 amide bonds. The highest BCUT2D eigenvalue weighted by Gasteiger charge is 2.18. The number of rotatable bonds is 5. The molecule has 9 heteroatoms. The molecule has 0 radical (unpaired) electrons. The SMILES string of the molecule is CS(=O)(=O)Cc1nc2ccccc2n1CC(=O)Nc1ccc2c(c1)OCO2. The average molecular weight is 387 g/mol. The van der Waals surface area contributed by atoms with Gasteiger partial charge < -0.3 is 19.4 Å². The molecule has 0 bridgehead atoms. The number of fused-ring (bicyclic) bond motifs is 2. The van der Waals surface area contributed by atoms with Gasteiger partial charge in [-0.1, -0.05) is 12.1 Å². The number of nitrogens with one attached hydrogen (secondary N) is 1. The van der Waals surface area contributed by atoms with Crippen LogP contribution in [0.25, 0.3) is 11.0 Å². The summed E-state index contributed by atoms with van der Waals surface area (Å²) >= 11 is 0. The van der Waals surface area contributed by atoms with Crippen molar-refractivity contribution in [2.45, 2.75) is 12.3 Å². The number of carbonyl (C=O) groups is 1. The Balaban J connectivity index is 1.60. The van der Waals surface area contributed by atoms with E-state index >= 15 is 0 Å². The highest BCUT2D eigenvalue weighted by molar-refractivity contribution is 7.89. The molecule has 1 N–H and O–H groups in total. The molecule has 1 aromatic heterocycles. The van der Waals surface area contributed by atoms with Crippen LogP contribution in [0, 0.1) is 0 Å². The van der Waals surface area contributed by atoms with Crippen LogP contribution >= 0.6 is 0 Å².